The van der Waals surface area contributed by atoms with Crippen molar-refractivity contribution in [1.29, 1.82) is 0 Å². The van der Waals surface area contributed by atoms with E-state index in [1.54, 1.807) is 6.08 Å². The normalized spacial score (nSPS) is 13.8. The zero-order valence-electron chi connectivity index (χ0n) is 10.7. The van der Waals surface area contributed by atoms with Crippen LogP contribution in [0.15, 0.2) is 67.3 Å². The Labute approximate surface area is 113 Å². The monoisotopic (exact) mass is 254 g/mol. The molecule has 0 spiro atoms. The van der Waals surface area contributed by atoms with Gasteiger partial charge in [0.25, 0.3) is 0 Å². The number of hydrogen-bond donors (Lipinski definition) is 2. The lowest BCUT2D eigenvalue weighted by molar-refractivity contribution is 0.162. The number of aliphatic hydroxyl groups excluding tert-OH is 2. The zero-order valence-corrected chi connectivity index (χ0v) is 10.7. The number of benzene rings is 2. The van der Waals surface area contributed by atoms with Crippen molar-refractivity contribution < 1.29 is 10.2 Å². The standard InChI is InChI=1S/C17H18O2/c1-2-16(14-6-4-3-5-7-14)17(19)15-10-8-13(12-18)9-11-15/h2-11,16-19H,1,12H2. The van der Waals surface area contributed by atoms with E-state index in [9.17, 15) is 5.11 Å². The Balaban J connectivity index is 2.25. The third-order valence-corrected chi connectivity index (χ3v) is 3.28. The van der Waals surface area contributed by atoms with Crippen LogP contribution in [0.4, 0.5) is 0 Å². The molecule has 0 aromatic heterocycles. The van der Waals surface area contributed by atoms with Gasteiger partial charge in [-0.3, -0.25) is 0 Å². The van der Waals surface area contributed by atoms with Crippen molar-refractivity contribution in [3.05, 3.63) is 83.9 Å². The van der Waals surface area contributed by atoms with E-state index >= 15 is 0 Å². The summed E-state index contributed by atoms with van der Waals surface area (Å²) in [6, 6.07) is 17.2. The second-order valence-electron chi connectivity index (χ2n) is 4.52. The van der Waals surface area contributed by atoms with Crippen LogP contribution in [0.1, 0.15) is 28.7 Å². The number of aliphatic hydroxyl groups is 2. The predicted molar refractivity (Wildman–Crippen MR) is 76.7 cm³/mol. The first kappa shape index (κ1) is 13.5. The minimum Gasteiger partial charge on any atom is -0.392 e. The van der Waals surface area contributed by atoms with Gasteiger partial charge in [-0.05, 0) is 16.7 Å². The van der Waals surface area contributed by atoms with E-state index in [1.165, 1.54) is 0 Å². The SMILES string of the molecule is C=CC(c1ccccc1)C(O)c1ccc(CO)cc1. The van der Waals surface area contributed by atoms with E-state index in [0.717, 1.165) is 16.7 Å². The minimum atomic E-state index is -0.632. The third kappa shape index (κ3) is 3.11. The van der Waals surface area contributed by atoms with Gasteiger partial charge in [-0.1, -0.05) is 60.7 Å². The molecular formula is C17H18O2. The fourth-order valence-corrected chi connectivity index (χ4v) is 2.15. The fourth-order valence-electron chi connectivity index (χ4n) is 2.15. The quantitative estimate of drug-likeness (QED) is 0.804. The molecule has 0 amide bonds. The lowest BCUT2D eigenvalue weighted by Gasteiger charge is -2.20. The van der Waals surface area contributed by atoms with Crippen molar-refractivity contribution in [2.75, 3.05) is 0 Å². The van der Waals surface area contributed by atoms with Gasteiger partial charge in [-0.25, -0.2) is 0 Å². The highest BCUT2D eigenvalue weighted by molar-refractivity contribution is 5.31. The maximum Gasteiger partial charge on any atom is 0.0893 e. The van der Waals surface area contributed by atoms with Crippen LogP contribution in [0, 0.1) is 0 Å². The Bertz CT molecular complexity index is 517. The maximum absolute atomic E-state index is 10.5. The summed E-state index contributed by atoms with van der Waals surface area (Å²) in [6.45, 7) is 3.83. The fraction of sp³-hybridized carbons (Fsp3) is 0.176. The molecule has 0 aliphatic rings. The molecule has 0 saturated heterocycles. The van der Waals surface area contributed by atoms with E-state index in [2.05, 4.69) is 6.58 Å². The Morgan fingerprint density at radius 2 is 1.58 bits per heavy atom. The summed E-state index contributed by atoms with van der Waals surface area (Å²) in [4.78, 5) is 0. The van der Waals surface area contributed by atoms with Crippen LogP contribution < -0.4 is 0 Å². The summed E-state index contributed by atoms with van der Waals surface area (Å²) in [5, 5.41) is 19.5. The lowest BCUT2D eigenvalue weighted by atomic mass is 9.89. The van der Waals surface area contributed by atoms with Gasteiger partial charge < -0.3 is 10.2 Å². The van der Waals surface area contributed by atoms with E-state index in [1.807, 2.05) is 54.6 Å². The maximum atomic E-state index is 10.5. The largest absolute Gasteiger partial charge is 0.392 e. The van der Waals surface area contributed by atoms with E-state index in [-0.39, 0.29) is 12.5 Å². The average Bonchev–Trinajstić information content (AvgIpc) is 2.49. The Kier molecular flexibility index (Phi) is 4.50. The molecule has 2 aromatic carbocycles. The first-order valence-corrected chi connectivity index (χ1v) is 6.31. The molecule has 2 aromatic rings. The van der Waals surface area contributed by atoms with Crippen molar-refractivity contribution in [3.63, 3.8) is 0 Å². The van der Waals surface area contributed by atoms with E-state index < -0.39 is 6.10 Å². The Hall–Kier alpha value is -1.90. The van der Waals surface area contributed by atoms with Gasteiger partial charge in [0.15, 0.2) is 0 Å². The zero-order chi connectivity index (χ0) is 13.7. The third-order valence-electron chi connectivity index (χ3n) is 3.28. The molecule has 19 heavy (non-hydrogen) atoms. The molecule has 0 radical (unpaired) electrons. The van der Waals surface area contributed by atoms with Gasteiger partial charge in [0.2, 0.25) is 0 Å². The van der Waals surface area contributed by atoms with Crippen LogP contribution in [0.2, 0.25) is 0 Å². The molecule has 98 valence electrons. The van der Waals surface area contributed by atoms with Gasteiger partial charge in [0, 0.05) is 5.92 Å². The predicted octanol–water partition coefficient (Wildman–Crippen LogP) is 3.18. The van der Waals surface area contributed by atoms with E-state index in [0.29, 0.717) is 0 Å². The molecule has 2 heteroatoms. The number of rotatable bonds is 5. The first-order valence-electron chi connectivity index (χ1n) is 6.31. The Morgan fingerprint density at radius 3 is 2.11 bits per heavy atom. The van der Waals surface area contributed by atoms with Gasteiger partial charge >= 0.3 is 0 Å². The average molecular weight is 254 g/mol. The molecule has 2 atom stereocenters. The molecule has 0 saturated carbocycles. The molecule has 0 aliphatic carbocycles. The minimum absolute atomic E-state index is 0.0138. The van der Waals surface area contributed by atoms with Crippen molar-refractivity contribution in [1.82, 2.24) is 0 Å². The summed E-state index contributed by atoms with van der Waals surface area (Å²) in [5.74, 6) is -0.138. The topological polar surface area (TPSA) is 40.5 Å². The molecule has 2 N–H and O–H groups in total. The van der Waals surface area contributed by atoms with Crippen molar-refractivity contribution in [2.45, 2.75) is 18.6 Å². The van der Waals surface area contributed by atoms with Crippen molar-refractivity contribution >= 4 is 0 Å². The van der Waals surface area contributed by atoms with E-state index in [4.69, 9.17) is 5.11 Å². The molecule has 0 heterocycles. The Morgan fingerprint density at radius 1 is 0.947 bits per heavy atom. The lowest BCUT2D eigenvalue weighted by Crippen LogP contribution is -2.08. The van der Waals surface area contributed by atoms with Crippen LogP contribution in [-0.2, 0) is 6.61 Å². The van der Waals surface area contributed by atoms with Crippen LogP contribution in [0.3, 0.4) is 0 Å². The smallest absolute Gasteiger partial charge is 0.0893 e. The van der Waals surface area contributed by atoms with Gasteiger partial charge in [-0.2, -0.15) is 0 Å². The van der Waals surface area contributed by atoms with Crippen LogP contribution >= 0.6 is 0 Å². The van der Waals surface area contributed by atoms with Gasteiger partial charge in [-0.15, -0.1) is 6.58 Å². The molecule has 2 rings (SSSR count). The molecule has 2 nitrogen and oxygen atoms in total. The van der Waals surface area contributed by atoms with Crippen LogP contribution in [0.5, 0.6) is 0 Å². The summed E-state index contributed by atoms with van der Waals surface area (Å²) >= 11 is 0. The highest BCUT2D eigenvalue weighted by Crippen LogP contribution is 2.31. The van der Waals surface area contributed by atoms with Crippen molar-refractivity contribution in [3.8, 4) is 0 Å². The molecular weight excluding hydrogens is 236 g/mol. The first-order chi connectivity index (χ1) is 9.26. The molecule has 0 bridgehead atoms. The van der Waals surface area contributed by atoms with Gasteiger partial charge in [0.1, 0.15) is 0 Å². The second kappa shape index (κ2) is 6.32. The molecule has 0 fully saturated rings. The van der Waals surface area contributed by atoms with Crippen LogP contribution in [0.25, 0.3) is 0 Å². The summed E-state index contributed by atoms with van der Waals surface area (Å²) in [7, 11) is 0. The van der Waals surface area contributed by atoms with Crippen LogP contribution in [-0.4, -0.2) is 10.2 Å². The number of hydrogen-bond acceptors (Lipinski definition) is 2. The molecule has 0 aliphatic heterocycles. The highest BCUT2D eigenvalue weighted by atomic mass is 16.3. The highest BCUT2D eigenvalue weighted by Gasteiger charge is 2.19. The summed E-state index contributed by atoms with van der Waals surface area (Å²) in [5.41, 5.74) is 2.70. The second-order valence-corrected chi connectivity index (χ2v) is 4.52. The summed E-state index contributed by atoms with van der Waals surface area (Å²) in [6.07, 6.45) is 1.13. The summed E-state index contributed by atoms with van der Waals surface area (Å²) < 4.78 is 0. The van der Waals surface area contributed by atoms with Crippen molar-refractivity contribution in [2.24, 2.45) is 0 Å². The molecule has 2 unspecified atom stereocenters. The van der Waals surface area contributed by atoms with Gasteiger partial charge in [0.05, 0.1) is 12.7 Å².